The minimum atomic E-state index is 0.697. The van der Waals surface area contributed by atoms with Crippen molar-refractivity contribution in [2.24, 2.45) is 5.92 Å². The van der Waals surface area contributed by atoms with Gasteiger partial charge in [-0.2, -0.15) is 0 Å². The summed E-state index contributed by atoms with van der Waals surface area (Å²) in [6.45, 7) is 3.47. The number of hydrogen-bond acceptors (Lipinski definition) is 3. The quantitative estimate of drug-likeness (QED) is 0.810. The molecule has 1 N–H and O–H groups in total. The van der Waals surface area contributed by atoms with Crippen LogP contribution in [-0.4, -0.2) is 49.8 Å². The van der Waals surface area contributed by atoms with E-state index < -0.39 is 0 Å². The van der Waals surface area contributed by atoms with Crippen molar-refractivity contribution in [1.82, 2.24) is 10.2 Å². The van der Waals surface area contributed by atoms with E-state index in [1.165, 1.54) is 58.0 Å². The number of methoxy groups -OCH3 is 1. The average Bonchev–Trinajstić information content (AvgIpc) is 3.10. The lowest BCUT2D eigenvalue weighted by Crippen LogP contribution is -2.55. The van der Waals surface area contributed by atoms with E-state index >= 15 is 0 Å². The van der Waals surface area contributed by atoms with Crippen molar-refractivity contribution < 1.29 is 4.74 Å². The summed E-state index contributed by atoms with van der Waals surface area (Å²) in [5, 5.41) is 3.73. The van der Waals surface area contributed by atoms with Crippen LogP contribution in [-0.2, 0) is 4.74 Å². The molecule has 2 saturated heterocycles. The van der Waals surface area contributed by atoms with Gasteiger partial charge >= 0.3 is 0 Å². The first-order chi connectivity index (χ1) is 8.90. The van der Waals surface area contributed by atoms with Crippen molar-refractivity contribution in [2.45, 2.75) is 63.1 Å². The predicted octanol–water partition coefficient (Wildman–Crippen LogP) is 2.02. The minimum absolute atomic E-state index is 0.697. The topological polar surface area (TPSA) is 24.5 Å². The number of likely N-dealkylation sites (tertiary alicyclic amines) is 1. The molecule has 0 aromatic heterocycles. The summed E-state index contributed by atoms with van der Waals surface area (Å²) < 4.78 is 5.51. The molecule has 0 amide bonds. The number of nitrogens with zero attached hydrogens (tertiary/aromatic N) is 1. The molecule has 0 aromatic rings. The fourth-order valence-electron chi connectivity index (χ4n) is 4.02. The molecule has 3 unspecified atom stereocenters. The summed E-state index contributed by atoms with van der Waals surface area (Å²) in [7, 11) is 1.86. The second-order valence-electron chi connectivity index (χ2n) is 6.36. The smallest absolute Gasteiger partial charge is 0.0620 e. The first kappa shape index (κ1) is 12.9. The van der Waals surface area contributed by atoms with Gasteiger partial charge in [0.05, 0.1) is 6.61 Å². The van der Waals surface area contributed by atoms with Crippen LogP contribution in [0.25, 0.3) is 0 Å². The van der Waals surface area contributed by atoms with Gasteiger partial charge < -0.3 is 10.1 Å². The zero-order valence-electron chi connectivity index (χ0n) is 11.7. The highest BCUT2D eigenvalue weighted by molar-refractivity contribution is 4.97. The maximum absolute atomic E-state index is 5.51. The van der Waals surface area contributed by atoms with E-state index in [2.05, 4.69) is 10.2 Å². The van der Waals surface area contributed by atoms with Crippen LogP contribution in [0.2, 0.25) is 0 Å². The van der Waals surface area contributed by atoms with Crippen LogP contribution >= 0.6 is 0 Å². The summed E-state index contributed by atoms with van der Waals surface area (Å²) in [6, 6.07) is 2.23. The molecule has 0 radical (unpaired) electrons. The van der Waals surface area contributed by atoms with E-state index in [-0.39, 0.29) is 0 Å². The first-order valence-corrected chi connectivity index (χ1v) is 7.88. The van der Waals surface area contributed by atoms with Gasteiger partial charge in [-0.1, -0.05) is 6.42 Å². The van der Waals surface area contributed by atoms with Gasteiger partial charge in [-0.25, -0.2) is 0 Å². The Morgan fingerprint density at radius 2 is 2.06 bits per heavy atom. The molecular formula is C15H28N2O. The van der Waals surface area contributed by atoms with Crippen molar-refractivity contribution in [2.75, 3.05) is 26.8 Å². The molecule has 2 aliphatic heterocycles. The van der Waals surface area contributed by atoms with Gasteiger partial charge in [-0.15, -0.1) is 0 Å². The van der Waals surface area contributed by atoms with E-state index in [1.807, 2.05) is 7.11 Å². The summed E-state index contributed by atoms with van der Waals surface area (Å²) in [5.41, 5.74) is 0. The number of piperidine rings is 1. The standard InChI is InChI=1S/C15H28N2O/c1-18-11-15(12-7-8-12)17-10-3-2-6-14(17)13-5-4-9-16-13/h12-16H,2-11H2,1H3. The van der Waals surface area contributed by atoms with Gasteiger partial charge in [-0.3, -0.25) is 4.90 Å². The molecule has 3 nitrogen and oxygen atoms in total. The average molecular weight is 252 g/mol. The van der Waals surface area contributed by atoms with Crippen molar-refractivity contribution in [1.29, 1.82) is 0 Å². The Morgan fingerprint density at radius 3 is 2.72 bits per heavy atom. The lowest BCUT2D eigenvalue weighted by Gasteiger charge is -2.44. The van der Waals surface area contributed by atoms with E-state index in [0.29, 0.717) is 6.04 Å². The van der Waals surface area contributed by atoms with Crippen molar-refractivity contribution in [3.63, 3.8) is 0 Å². The molecule has 3 aliphatic rings. The summed E-state index contributed by atoms with van der Waals surface area (Å²) in [4.78, 5) is 2.81. The first-order valence-electron chi connectivity index (χ1n) is 7.88. The third kappa shape index (κ3) is 2.73. The van der Waals surface area contributed by atoms with Crippen LogP contribution in [0.5, 0.6) is 0 Å². The van der Waals surface area contributed by atoms with Gasteiger partial charge in [-0.05, 0) is 57.5 Å². The van der Waals surface area contributed by atoms with Crippen molar-refractivity contribution >= 4 is 0 Å². The summed E-state index contributed by atoms with van der Waals surface area (Å²) >= 11 is 0. The van der Waals surface area contributed by atoms with Crippen LogP contribution in [0.15, 0.2) is 0 Å². The SMILES string of the molecule is COCC(C1CC1)N1CCCCC1C1CCCN1. The number of nitrogens with one attached hydrogen (secondary N) is 1. The van der Waals surface area contributed by atoms with Gasteiger partial charge in [0.2, 0.25) is 0 Å². The number of hydrogen-bond donors (Lipinski definition) is 1. The molecule has 0 bridgehead atoms. The molecule has 3 atom stereocenters. The van der Waals surface area contributed by atoms with Gasteiger partial charge in [0, 0.05) is 25.2 Å². The highest BCUT2D eigenvalue weighted by Crippen LogP contribution is 2.38. The normalized spacial score (nSPS) is 35.8. The fraction of sp³-hybridized carbons (Fsp3) is 1.00. The molecule has 104 valence electrons. The molecule has 1 saturated carbocycles. The highest BCUT2D eigenvalue weighted by Gasteiger charge is 2.41. The predicted molar refractivity (Wildman–Crippen MR) is 73.8 cm³/mol. The Hall–Kier alpha value is -0.120. The van der Waals surface area contributed by atoms with E-state index in [9.17, 15) is 0 Å². The van der Waals surface area contributed by atoms with E-state index in [1.54, 1.807) is 0 Å². The van der Waals surface area contributed by atoms with Crippen LogP contribution in [0, 0.1) is 5.92 Å². The highest BCUT2D eigenvalue weighted by atomic mass is 16.5. The lowest BCUT2D eigenvalue weighted by atomic mass is 9.92. The van der Waals surface area contributed by atoms with Crippen molar-refractivity contribution in [3.8, 4) is 0 Å². The van der Waals surface area contributed by atoms with Gasteiger partial charge in [0.1, 0.15) is 0 Å². The van der Waals surface area contributed by atoms with E-state index in [4.69, 9.17) is 4.74 Å². The second kappa shape index (κ2) is 5.89. The van der Waals surface area contributed by atoms with E-state index in [0.717, 1.165) is 24.6 Å². The van der Waals surface area contributed by atoms with Crippen LogP contribution in [0.3, 0.4) is 0 Å². The molecule has 18 heavy (non-hydrogen) atoms. The Morgan fingerprint density at radius 1 is 1.17 bits per heavy atom. The van der Waals surface area contributed by atoms with Crippen LogP contribution in [0.1, 0.15) is 44.9 Å². The zero-order chi connectivity index (χ0) is 12.4. The molecular weight excluding hydrogens is 224 g/mol. The van der Waals surface area contributed by atoms with Crippen molar-refractivity contribution in [3.05, 3.63) is 0 Å². The maximum Gasteiger partial charge on any atom is 0.0620 e. The molecule has 3 heteroatoms. The third-order valence-corrected chi connectivity index (χ3v) is 5.08. The molecule has 3 fully saturated rings. The molecule has 1 aliphatic carbocycles. The molecule has 0 spiro atoms. The Labute approximate surface area is 111 Å². The summed E-state index contributed by atoms with van der Waals surface area (Å²) in [6.07, 6.45) is 9.80. The largest absolute Gasteiger partial charge is 0.383 e. The maximum atomic E-state index is 5.51. The van der Waals surface area contributed by atoms with Gasteiger partial charge in [0.25, 0.3) is 0 Å². The second-order valence-corrected chi connectivity index (χ2v) is 6.36. The fourth-order valence-corrected chi connectivity index (χ4v) is 4.02. The monoisotopic (exact) mass is 252 g/mol. The number of rotatable bonds is 5. The zero-order valence-corrected chi connectivity index (χ0v) is 11.7. The molecule has 3 rings (SSSR count). The van der Waals surface area contributed by atoms with Crippen LogP contribution < -0.4 is 5.32 Å². The number of ether oxygens (including phenoxy) is 1. The molecule has 2 heterocycles. The van der Waals surface area contributed by atoms with Gasteiger partial charge in [0.15, 0.2) is 0 Å². The summed E-state index contributed by atoms with van der Waals surface area (Å²) in [5.74, 6) is 0.923. The Bertz CT molecular complexity index is 261. The third-order valence-electron chi connectivity index (χ3n) is 5.08. The van der Waals surface area contributed by atoms with Crippen LogP contribution in [0.4, 0.5) is 0 Å². The Kier molecular flexibility index (Phi) is 4.22. The minimum Gasteiger partial charge on any atom is -0.383 e. The lowest BCUT2D eigenvalue weighted by molar-refractivity contribution is 0.0180. The Balaban J connectivity index is 1.68. The molecule has 0 aromatic carbocycles.